The van der Waals surface area contributed by atoms with Crippen LogP contribution in [0.15, 0.2) is 48.5 Å². The molecule has 0 aliphatic rings. The van der Waals surface area contributed by atoms with Gasteiger partial charge in [-0.1, -0.05) is 36.4 Å². The number of ether oxygens (including phenoxy) is 1. The van der Waals surface area contributed by atoms with E-state index in [4.69, 9.17) is 10.5 Å². The van der Waals surface area contributed by atoms with Crippen LogP contribution >= 0.6 is 0 Å². The standard InChI is InChI=1S/C21H26N2O3/c1-4-23(5-2)20(24)19(22)18-10-8-7-9-17(18)15-11-13-16(14-12-15)21(25)26-6-3/h7-14,19H,4-6,22H2,1-3H3/t19-/m0/s1. The van der Waals surface area contributed by atoms with E-state index in [0.717, 1.165) is 16.7 Å². The first-order valence-corrected chi connectivity index (χ1v) is 8.94. The molecule has 0 aliphatic carbocycles. The molecule has 1 amide bonds. The monoisotopic (exact) mass is 354 g/mol. The van der Waals surface area contributed by atoms with Gasteiger partial charge in [-0.2, -0.15) is 0 Å². The molecule has 0 spiro atoms. The zero-order valence-corrected chi connectivity index (χ0v) is 15.6. The van der Waals surface area contributed by atoms with Crippen molar-refractivity contribution in [3.05, 3.63) is 59.7 Å². The average Bonchev–Trinajstić information content (AvgIpc) is 2.68. The predicted octanol–water partition coefficient (Wildman–Crippen LogP) is 3.40. The Morgan fingerprint density at radius 2 is 1.62 bits per heavy atom. The van der Waals surface area contributed by atoms with E-state index in [1.807, 2.05) is 50.2 Å². The summed E-state index contributed by atoms with van der Waals surface area (Å²) in [5.41, 5.74) is 9.33. The number of rotatable bonds is 7. The van der Waals surface area contributed by atoms with Crippen molar-refractivity contribution in [2.24, 2.45) is 5.73 Å². The molecule has 0 heterocycles. The molecular formula is C21H26N2O3. The molecule has 2 rings (SSSR count). The minimum absolute atomic E-state index is 0.0920. The minimum Gasteiger partial charge on any atom is -0.462 e. The van der Waals surface area contributed by atoms with Crippen molar-refractivity contribution < 1.29 is 14.3 Å². The summed E-state index contributed by atoms with van der Waals surface area (Å²) in [5.74, 6) is -0.439. The van der Waals surface area contributed by atoms with Crippen LogP contribution in [0.1, 0.15) is 42.7 Å². The summed E-state index contributed by atoms with van der Waals surface area (Å²) in [6, 6.07) is 14.0. The lowest BCUT2D eigenvalue weighted by molar-refractivity contribution is -0.132. The highest BCUT2D eigenvalue weighted by molar-refractivity contribution is 5.90. The molecule has 2 aromatic rings. The molecule has 0 fully saturated rings. The van der Waals surface area contributed by atoms with Gasteiger partial charge in [-0.25, -0.2) is 4.79 Å². The number of hydrogen-bond acceptors (Lipinski definition) is 4. The summed E-state index contributed by atoms with van der Waals surface area (Å²) in [6.45, 7) is 7.24. The molecule has 0 aromatic heterocycles. The first kappa shape index (κ1) is 19.7. The lowest BCUT2D eigenvalue weighted by Crippen LogP contribution is -2.38. The molecule has 0 unspecified atom stereocenters. The zero-order valence-electron chi connectivity index (χ0n) is 15.6. The van der Waals surface area contributed by atoms with E-state index in [9.17, 15) is 9.59 Å². The van der Waals surface area contributed by atoms with Gasteiger partial charge in [0.25, 0.3) is 0 Å². The summed E-state index contributed by atoms with van der Waals surface area (Å²) < 4.78 is 5.01. The number of hydrogen-bond donors (Lipinski definition) is 1. The van der Waals surface area contributed by atoms with Gasteiger partial charge in [0, 0.05) is 13.1 Å². The fourth-order valence-electron chi connectivity index (χ4n) is 2.90. The smallest absolute Gasteiger partial charge is 0.338 e. The van der Waals surface area contributed by atoms with Crippen molar-refractivity contribution in [1.82, 2.24) is 4.90 Å². The highest BCUT2D eigenvalue weighted by Gasteiger charge is 2.23. The summed E-state index contributed by atoms with van der Waals surface area (Å²) >= 11 is 0. The van der Waals surface area contributed by atoms with E-state index in [-0.39, 0.29) is 11.9 Å². The topological polar surface area (TPSA) is 72.6 Å². The van der Waals surface area contributed by atoms with Gasteiger partial charge in [0.1, 0.15) is 6.04 Å². The Morgan fingerprint density at radius 1 is 1.00 bits per heavy atom. The lowest BCUT2D eigenvalue weighted by Gasteiger charge is -2.24. The SMILES string of the molecule is CCOC(=O)c1ccc(-c2ccccc2[C@H](N)C(=O)N(CC)CC)cc1. The molecule has 138 valence electrons. The van der Waals surface area contributed by atoms with Crippen molar-refractivity contribution in [2.45, 2.75) is 26.8 Å². The third-order valence-corrected chi connectivity index (χ3v) is 4.34. The maximum absolute atomic E-state index is 12.6. The first-order chi connectivity index (χ1) is 12.5. The molecule has 1 atom stereocenters. The highest BCUT2D eigenvalue weighted by atomic mass is 16.5. The second-order valence-electron chi connectivity index (χ2n) is 5.87. The third kappa shape index (κ3) is 4.29. The second-order valence-corrected chi connectivity index (χ2v) is 5.87. The number of carbonyl (C=O) groups is 2. The Hall–Kier alpha value is -2.66. The molecule has 2 aromatic carbocycles. The van der Waals surface area contributed by atoms with Gasteiger partial charge < -0.3 is 15.4 Å². The molecule has 0 saturated carbocycles. The number of esters is 1. The zero-order chi connectivity index (χ0) is 19.1. The second kappa shape index (κ2) is 9.15. The summed E-state index contributed by atoms with van der Waals surface area (Å²) in [5, 5.41) is 0. The van der Waals surface area contributed by atoms with Gasteiger partial charge in [-0.3, -0.25) is 4.79 Å². The van der Waals surface area contributed by atoms with Crippen molar-refractivity contribution in [3.63, 3.8) is 0 Å². The molecule has 0 aliphatic heterocycles. The Kier molecular flexibility index (Phi) is 6.92. The number of nitrogens with zero attached hydrogens (tertiary/aromatic N) is 1. The van der Waals surface area contributed by atoms with Crippen LogP contribution in [0, 0.1) is 0 Å². The van der Waals surface area contributed by atoms with Crippen molar-refractivity contribution in [1.29, 1.82) is 0 Å². The largest absolute Gasteiger partial charge is 0.462 e. The van der Waals surface area contributed by atoms with Crippen LogP contribution in [-0.2, 0) is 9.53 Å². The number of carbonyl (C=O) groups excluding carboxylic acids is 2. The van der Waals surface area contributed by atoms with Gasteiger partial charge in [0.15, 0.2) is 0 Å². The maximum Gasteiger partial charge on any atom is 0.338 e. The van der Waals surface area contributed by atoms with Gasteiger partial charge in [-0.05, 0) is 49.6 Å². The van der Waals surface area contributed by atoms with Crippen LogP contribution in [0.25, 0.3) is 11.1 Å². The van der Waals surface area contributed by atoms with Crippen molar-refractivity contribution >= 4 is 11.9 Å². The molecule has 26 heavy (non-hydrogen) atoms. The van der Waals surface area contributed by atoms with E-state index >= 15 is 0 Å². The number of amides is 1. The maximum atomic E-state index is 12.6. The number of likely N-dealkylation sites (N-methyl/N-ethyl adjacent to an activating group) is 1. The van der Waals surface area contributed by atoms with Gasteiger partial charge in [0.2, 0.25) is 5.91 Å². The molecule has 5 heteroatoms. The molecule has 5 nitrogen and oxygen atoms in total. The average molecular weight is 354 g/mol. The van der Waals surface area contributed by atoms with Gasteiger partial charge in [0.05, 0.1) is 12.2 Å². The normalized spacial score (nSPS) is 11.7. The van der Waals surface area contributed by atoms with Crippen molar-refractivity contribution in [3.8, 4) is 11.1 Å². The molecule has 0 radical (unpaired) electrons. The van der Waals surface area contributed by atoms with Crippen LogP contribution in [0.3, 0.4) is 0 Å². The van der Waals surface area contributed by atoms with E-state index in [0.29, 0.717) is 25.3 Å². The minimum atomic E-state index is -0.726. The van der Waals surface area contributed by atoms with Crippen LogP contribution in [-0.4, -0.2) is 36.5 Å². The highest BCUT2D eigenvalue weighted by Crippen LogP contribution is 2.28. The Labute approximate surface area is 154 Å². The van der Waals surface area contributed by atoms with Crippen molar-refractivity contribution in [2.75, 3.05) is 19.7 Å². The Bertz CT molecular complexity index is 752. The molecular weight excluding hydrogens is 328 g/mol. The quantitative estimate of drug-likeness (QED) is 0.774. The van der Waals surface area contributed by atoms with E-state index < -0.39 is 6.04 Å². The molecule has 0 saturated heterocycles. The van der Waals surface area contributed by atoms with E-state index in [2.05, 4.69) is 0 Å². The van der Waals surface area contributed by atoms with Crippen LogP contribution in [0.5, 0.6) is 0 Å². The van der Waals surface area contributed by atoms with Crippen LogP contribution in [0.2, 0.25) is 0 Å². The number of benzene rings is 2. The summed E-state index contributed by atoms with van der Waals surface area (Å²) in [6.07, 6.45) is 0. The molecule has 0 bridgehead atoms. The first-order valence-electron chi connectivity index (χ1n) is 8.94. The predicted molar refractivity (Wildman–Crippen MR) is 103 cm³/mol. The fraction of sp³-hybridized carbons (Fsp3) is 0.333. The third-order valence-electron chi connectivity index (χ3n) is 4.34. The Morgan fingerprint density at radius 3 is 2.19 bits per heavy atom. The lowest BCUT2D eigenvalue weighted by atomic mass is 9.94. The van der Waals surface area contributed by atoms with Gasteiger partial charge in [-0.15, -0.1) is 0 Å². The summed E-state index contributed by atoms with van der Waals surface area (Å²) in [4.78, 5) is 26.2. The Balaban J connectivity index is 2.34. The molecule has 2 N–H and O–H groups in total. The van der Waals surface area contributed by atoms with Crippen LogP contribution in [0.4, 0.5) is 0 Å². The number of nitrogens with two attached hydrogens (primary N) is 1. The van der Waals surface area contributed by atoms with Gasteiger partial charge >= 0.3 is 5.97 Å². The van der Waals surface area contributed by atoms with Crippen LogP contribution < -0.4 is 5.73 Å². The fourth-order valence-corrected chi connectivity index (χ4v) is 2.90. The summed E-state index contributed by atoms with van der Waals surface area (Å²) in [7, 11) is 0. The van der Waals surface area contributed by atoms with E-state index in [1.54, 1.807) is 24.0 Å². The van der Waals surface area contributed by atoms with E-state index in [1.165, 1.54) is 0 Å².